The van der Waals surface area contributed by atoms with Gasteiger partial charge >= 0.3 is 0 Å². The lowest BCUT2D eigenvalue weighted by Gasteiger charge is -2.31. The molecule has 2 nitrogen and oxygen atoms in total. The molecule has 1 aliphatic rings. The Kier molecular flexibility index (Phi) is 11.1. The van der Waals surface area contributed by atoms with Gasteiger partial charge in [-0.1, -0.05) is 231 Å². The molecule has 1 aliphatic heterocycles. The number of hydrogen-bond donors (Lipinski definition) is 0. The molecule has 0 N–H and O–H groups in total. The van der Waals surface area contributed by atoms with Crippen LogP contribution in [0.3, 0.4) is 0 Å². The van der Waals surface area contributed by atoms with Gasteiger partial charge in [0.25, 0.3) is 0 Å². The summed E-state index contributed by atoms with van der Waals surface area (Å²) in [7, 11) is 0. The van der Waals surface area contributed by atoms with Gasteiger partial charge in [0.1, 0.15) is 0 Å². The standard InChI is InChI=1S/C70H50N2/c1-8-22-49(23-9-1)56-44-57(50-24-10-2-11-25-50)46-58(45-56)70-62-39-37-59(71-65(51-26-12-3-13-27-51)40-41-66(71)52-28-14-4-15-29-52)47-63(62)69(55-34-20-7-21-35-55)61-38-36-60(48-64(61)70)72-67(53-30-16-5-17-31-53)42-43-68(72)54-32-18-6-19-33-54/h1-40,42-48,66H,41H2. The Morgan fingerprint density at radius 1 is 0.278 bits per heavy atom. The molecule has 0 radical (unpaired) electrons. The second-order valence-electron chi connectivity index (χ2n) is 18.8. The van der Waals surface area contributed by atoms with Crippen molar-refractivity contribution in [2.45, 2.75) is 12.5 Å². The van der Waals surface area contributed by atoms with E-state index in [1.807, 2.05) is 0 Å². The summed E-state index contributed by atoms with van der Waals surface area (Å²) >= 11 is 0. The van der Waals surface area contributed by atoms with Crippen molar-refractivity contribution in [3.63, 3.8) is 0 Å². The molecule has 0 saturated carbocycles. The van der Waals surface area contributed by atoms with Crippen LogP contribution in [0.5, 0.6) is 0 Å². The predicted octanol–water partition coefficient (Wildman–Crippen LogP) is 18.8. The molecular formula is C70H50N2. The van der Waals surface area contributed by atoms with Gasteiger partial charge in [-0.3, -0.25) is 0 Å². The summed E-state index contributed by atoms with van der Waals surface area (Å²) in [5, 5.41) is 4.80. The van der Waals surface area contributed by atoms with Crippen molar-refractivity contribution in [1.82, 2.24) is 4.57 Å². The largest absolute Gasteiger partial charge is 0.333 e. The smallest absolute Gasteiger partial charge is 0.0626 e. The fourth-order valence-corrected chi connectivity index (χ4v) is 11.2. The number of hydrogen-bond acceptors (Lipinski definition) is 1. The van der Waals surface area contributed by atoms with Gasteiger partial charge in [-0.05, 0) is 149 Å². The van der Waals surface area contributed by atoms with Crippen LogP contribution in [0.4, 0.5) is 5.69 Å². The maximum absolute atomic E-state index is 2.58. The molecule has 0 fully saturated rings. The van der Waals surface area contributed by atoms with Crippen LogP contribution in [0, 0.1) is 0 Å². The van der Waals surface area contributed by atoms with E-state index in [2.05, 4.69) is 295 Å². The number of fused-ring (bicyclic) bond motifs is 2. The number of aromatic nitrogens is 1. The first-order chi connectivity index (χ1) is 35.7. The first kappa shape index (κ1) is 42.8. The second-order valence-corrected chi connectivity index (χ2v) is 18.8. The zero-order valence-electron chi connectivity index (χ0n) is 39.8. The number of nitrogens with zero attached hydrogens (tertiary/aromatic N) is 2. The third kappa shape index (κ3) is 7.80. The number of rotatable bonds is 10. The molecule has 0 bridgehead atoms. The molecule has 1 aromatic heterocycles. The molecule has 12 aromatic rings. The Labute approximate surface area is 421 Å². The normalized spacial score (nSPS) is 13.4. The van der Waals surface area contributed by atoms with E-state index >= 15 is 0 Å². The molecule has 11 aromatic carbocycles. The molecular weight excluding hydrogens is 869 g/mol. The van der Waals surface area contributed by atoms with Crippen LogP contribution in [0.25, 0.3) is 100.0 Å². The molecule has 0 saturated heterocycles. The summed E-state index contributed by atoms with van der Waals surface area (Å²) in [5.74, 6) is 0. The Morgan fingerprint density at radius 2 is 0.667 bits per heavy atom. The first-order valence-electron chi connectivity index (χ1n) is 25.0. The monoisotopic (exact) mass is 918 g/mol. The van der Waals surface area contributed by atoms with Crippen molar-refractivity contribution in [1.29, 1.82) is 0 Å². The minimum Gasteiger partial charge on any atom is -0.333 e. The molecule has 340 valence electrons. The van der Waals surface area contributed by atoms with Gasteiger partial charge in [0.15, 0.2) is 0 Å². The fraction of sp³-hybridized carbons (Fsp3) is 0.0286. The van der Waals surface area contributed by atoms with E-state index in [9.17, 15) is 0 Å². The Hall–Kier alpha value is -9.24. The highest BCUT2D eigenvalue weighted by Crippen LogP contribution is 2.50. The summed E-state index contributed by atoms with van der Waals surface area (Å²) in [6, 6.07) is 103. The van der Waals surface area contributed by atoms with Crippen molar-refractivity contribution in [2.75, 3.05) is 4.90 Å². The Morgan fingerprint density at radius 3 is 1.17 bits per heavy atom. The zero-order chi connectivity index (χ0) is 47.8. The van der Waals surface area contributed by atoms with Crippen LogP contribution >= 0.6 is 0 Å². The quantitative estimate of drug-likeness (QED) is 0.124. The fourth-order valence-electron chi connectivity index (χ4n) is 11.2. The molecule has 13 rings (SSSR count). The van der Waals surface area contributed by atoms with E-state index in [1.54, 1.807) is 0 Å². The topological polar surface area (TPSA) is 8.17 Å². The second kappa shape index (κ2) is 18.6. The van der Waals surface area contributed by atoms with E-state index < -0.39 is 0 Å². The molecule has 0 spiro atoms. The lowest BCUT2D eigenvalue weighted by Crippen LogP contribution is -2.22. The van der Waals surface area contributed by atoms with Gasteiger partial charge in [0.2, 0.25) is 0 Å². The third-order valence-corrected chi connectivity index (χ3v) is 14.5. The lowest BCUT2D eigenvalue weighted by molar-refractivity contribution is 0.749. The van der Waals surface area contributed by atoms with E-state index in [1.165, 1.54) is 99.7 Å². The van der Waals surface area contributed by atoms with Crippen LogP contribution in [0.1, 0.15) is 23.6 Å². The van der Waals surface area contributed by atoms with E-state index in [4.69, 9.17) is 0 Å². The lowest BCUT2D eigenvalue weighted by atomic mass is 9.84. The van der Waals surface area contributed by atoms with Crippen LogP contribution < -0.4 is 4.90 Å². The van der Waals surface area contributed by atoms with E-state index in [0.29, 0.717) is 0 Å². The van der Waals surface area contributed by atoms with Crippen LogP contribution in [0.15, 0.2) is 285 Å². The minimum atomic E-state index is 0.136. The average molecular weight is 919 g/mol. The number of benzene rings is 11. The molecule has 0 aliphatic carbocycles. The maximum Gasteiger partial charge on any atom is 0.0626 e. The van der Waals surface area contributed by atoms with Gasteiger partial charge < -0.3 is 9.47 Å². The van der Waals surface area contributed by atoms with Crippen LogP contribution in [-0.4, -0.2) is 4.57 Å². The maximum atomic E-state index is 2.58. The highest BCUT2D eigenvalue weighted by atomic mass is 15.2. The Bertz CT molecular complexity index is 3790. The summed E-state index contributed by atoms with van der Waals surface area (Å²) in [5.41, 5.74) is 20.1. The third-order valence-electron chi connectivity index (χ3n) is 14.5. The van der Waals surface area contributed by atoms with Crippen molar-refractivity contribution in [3.05, 3.63) is 296 Å². The Balaban J connectivity index is 1.14. The van der Waals surface area contributed by atoms with Crippen molar-refractivity contribution < 1.29 is 0 Å². The molecule has 72 heavy (non-hydrogen) atoms. The van der Waals surface area contributed by atoms with Gasteiger partial charge in [-0.2, -0.15) is 0 Å². The highest BCUT2D eigenvalue weighted by molar-refractivity contribution is 6.22. The van der Waals surface area contributed by atoms with Crippen LogP contribution in [-0.2, 0) is 0 Å². The van der Waals surface area contributed by atoms with Gasteiger partial charge in [0, 0.05) is 17.1 Å². The predicted molar refractivity (Wildman–Crippen MR) is 304 cm³/mol. The van der Waals surface area contributed by atoms with Crippen molar-refractivity contribution in [2.24, 2.45) is 0 Å². The van der Waals surface area contributed by atoms with Crippen molar-refractivity contribution >= 4 is 32.9 Å². The first-order valence-corrected chi connectivity index (χ1v) is 25.0. The molecule has 1 atom stereocenters. The van der Waals surface area contributed by atoms with E-state index in [0.717, 1.165) is 23.5 Å². The molecule has 1 unspecified atom stereocenters. The zero-order valence-corrected chi connectivity index (χ0v) is 39.8. The summed E-state index contributed by atoms with van der Waals surface area (Å²) in [4.78, 5) is 2.58. The summed E-state index contributed by atoms with van der Waals surface area (Å²) < 4.78 is 2.45. The summed E-state index contributed by atoms with van der Waals surface area (Å²) in [6.07, 6.45) is 3.34. The summed E-state index contributed by atoms with van der Waals surface area (Å²) in [6.45, 7) is 0. The molecule has 2 heteroatoms. The van der Waals surface area contributed by atoms with Gasteiger partial charge in [0.05, 0.1) is 17.4 Å². The SMILES string of the molecule is C1=C(c2ccccc2)N(c2ccc3c(-c4cc(-c5ccccc5)cc(-c5ccccc5)c4)c4cc(-n5c(-c6ccccc6)ccc5-c5ccccc5)ccc4c(-c4ccccc4)c3c2)C(c2ccccc2)C1. The average Bonchev–Trinajstić information content (AvgIpc) is 4.12. The molecule has 0 amide bonds. The van der Waals surface area contributed by atoms with Crippen LogP contribution in [0.2, 0.25) is 0 Å². The van der Waals surface area contributed by atoms with Crippen molar-refractivity contribution in [3.8, 4) is 72.7 Å². The highest BCUT2D eigenvalue weighted by Gasteiger charge is 2.31. The van der Waals surface area contributed by atoms with Gasteiger partial charge in [-0.25, -0.2) is 0 Å². The minimum absolute atomic E-state index is 0.136. The number of anilines is 1. The molecule has 2 heterocycles. The van der Waals surface area contributed by atoms with E-state index in [-0.39, 0.29) is 6.04 Å². The van der Waals surface area contributed by atoms with Gasteiger partial charge in [-0.15, -0.1) is 0 Å².